The van der Waals surface area contributed by atoms with Crippen molar-refractivity contribution in [1.29, 1.82) is 0 Å². The van der Waals surface area contributed by atoms with E-state index in [1.165, 1.54) is 13.2 Å². The molecule has 1 unspecified atom stereocenters. The molecule has 2 rings (SSSR count). The lowest BCUT2D eigenvalue weighted by molar-refractivity contribution is -0.139. The molecule has 8 heteroatoms. The minimum Gasteiger partial charge on any atom is -0.382 e. The van der Waals surface area contributed by atoms with Crippen LogP contribution in [0.15, 0.2) is 24.4 Å². The Kier molecular flexibility index (Phi) is 3.75. The highest BCUT2D eigenvalue weighted by Crippen LogP contribution is 2.38. The molecule has 1 aromatic heterocycles. The maximum absolute atomic E-state index is 13.0. The highest BCUT2D eigenvalue weighted by molar-refractivity contribution is 6.31. The Morgan fingerprint density at radius 2 is 2.00 bits per heavy atom. The van der Waals surface area contributed by atoms with E-state index in [4.69, 9.17) is 11.6 Å². The van der Waals surface area contributed by atoms with Crippen LogP contribution in [0.2, 0.25) is 5.02 Å². The van der Waals surface area contributed by atoms with Crippen LogP contribution in [0, 0.1) is 5.82 Å². The molecule has 0 aliphatic heterocycles. The minimum absolute atomic E-state index is 0.00350. The fourth-order valence-electron chi connectivity index (χ4n) is 1.89. The van der Waals surface area contributed by atoms with Gasteiger partial charge in [-0.3, -0.25) is 4.68 Å². The molecule has 0 saturated heterocycles. The number of nitrogens with zero attached hydrogens (tertiary/aromatic N) is 2. The number of aliphatic hydroxyl groups is 1. The normalized spacial score (nSPS) is 13.6. The molecule has 1 heterocycles. The molecule has 0 aliphatic carbocycles. The monoisotopic (exact) mass is 308 g/mol. The highest BCUT2D eigenvalue weighted by Gasteiger charge is 2.36. The third-order valence-electron chi connectivity index (χ3n) is 2.81. The molecule has 0 saturated carbocycles. The molecule has 3 nitrogen and oxygen atoms in total. The van der Waals surface area contributed by atoms with Crippen molar-refractivity contribution in [2.24, 2.45) is 7.05 Å². The molecule has 0 fully saturated rings. The molecule has 1 atom stereocenters. The summed E-state index contributed by atoms with van der Waals surface area (Å²) >= 11 is 5.79. The second-order valence-electron chi connectivity index (χ2n) is 4.13. The van der Waals surface area contributed by atoms with Gasteiger partial charge in [-0.15, -0.1) is 0 Å². The summed E-state index contributed by atoms with van der Waals surface area (Å²) in [6, 6.07) is 2.06. The van der Waals surface area contributed by atoms with Crippen molar-refractivity contribution < 1.29 is 22.7 Å². The molecular formula is C12H9ClF4N2O. The minimum atomic E-state index is -4.79. The Labute approximate surface area is 116 Å². The van der Waals surface area contributed by atoms with Gasteiger partial charge in [-0.25, -0.2) is 4.39 Å². The number of halogens is 5. The number of rotatable bonds is 2. The van der Waals surface area contributed by atoms with E-state index in [0.29, 0.717) is 6.07 Å². The molecule has 0 radical (unpaired) electrons. The second-order valence-corrected chi connectivity index (χ2v) is 4.54. The molecule has 0 aliphatic rings. The topological polar surface area (TPSA) is 38.0 Å². The molecule has 108 valence electrons. The summed E-state index contributed by atoms with van der Waals surface area (Å²) in [6.07, 6.45) is -5.24. The van der Waals surface area contributed by atoms with Gasteiger partial charge < -0.3 is 5.11 Å². The van der Waals surface area contributed by atoms with Crippen LogP contribution in [-0.2, 0) is 13.2 Å². The van der Waals surface area contributed by atoms with Gasteiger partial charge in [-0.05, 0) is 17.7 Å². The highest BCUT2D eigenvalue weighted by atomic mass is 35.5. The van der Waals surface area contributed by atoms with E-state index in [0.717, 1.165) is 16.8 Å². The van der Waals surface area contributed by atoms with Crippen molar-refractivity contribution in [3.63, 3.8) is 0 Å². The summed E-state index contributed by atoms with van der Waals surface area (Å²) in [7, 11) is 1.43. The van der Waals surface area contributed by atoms with Crippen molar-refractivity contribution in [3.8, 4) is 0 Å². The number of aromatic nitrogens is 2. The van der Waals surface area contributed by atoms with E-state index in [2.05, 4.69) is 5.10 Å². The smallest absolute Gasteiger partial charge is 0.382 e. The van der Waals surface area contributed by atoms with Crippen LogP contribution in [0.5, 0.6) is 0 Å². The molecular weight excluding hydrogens is 300 g/mol. The van der Waals surface area contributed by atoms with Gasteiger partial charge in [0, 0.05) is 7.05 Å². The van der Waals surface area contributed by atoms with E-state index in [9.17, 15) is 22.7 Å². The van der Waals surface area contributed by atoms with Crippen molar-refractivity contribution in [1.82, 2.24) is 9.78 Å². The number of hydrogen-bond acceptors (Lipinski definition) is 2. The van der Waals surface area contributed by atoms with Gasteiger partial charge in [-0.1, -0.05) is 17.7 Å². The molecule has 20 heavy (non-hydrogen) atoms. The zero-order valence-electron chi connectivity index (χ0n) is 10.1. The average Bonchev–Trinajstić information content (AvgIpc) is 2.67. The van der Waals surface area contributed by atoms with Crippen LogP contribution in [0.1, 0.15) is 22.9 Å². The van der Waals surface area contributed by atoms with E-state index >= 15 is 0 Å². The van der Waals surface area contributed by atoms with E-state index in [-0.39, 0.29) is 10.7 Å². The summed E-state index contributed by atoms with van der Waals surface area (Å²) in [4.78, 5) is 0. The SMILES string of the molecule is Cn1ncc(Cl)c1C(O)c1ccc(F)cc1C(F)(F)F. The largest absolute Gasteiger partial charge is 0.416 e. The first-order valence-corrected chi connectivity index (χ1v) is 5.81. The van der Waals surface area contributed by atoms with E-state index in [1.54, 1.807) is 0 Å². The molecule has 0 amide bonds. The first-order chi connectivity index (χ1) is 9.21. The molecule has 0 spiro atoms. The van der Waals surface area contributed by atoms with Gasteiger partial charge in [0.1, 0.15) is 11.9 Å². The number of alkyl halides is 3. The van der Waals surface area contributed by atoms with Gasteiger partial charge in [0.2, 0.25) is 0 Å². The van der Waals surface area contributed by atoms with E-state index in [1.807, 2.05) is 0 Å². The fraction of sp³-hybridized carbons (Fsp3) is 0.250. The number of aryl methyl sites for hydroxylation is 1. The number of hydrogen-bond donors (Lipinski definition) is 1. The van der Waals surface area contributed by atoms with Crippen LogP contribution in [0.3, 0.4) is 0 Å². The van der Waals surface area contributed by atoms with Crippen LogP contribution >= 0.6 is 11.6 Å². The number of benzene rings is 1. The van der Waals surface area contributed by atoms with Gasteiger partial charge >= 0.3 is 6.18 Å². The van der Waals surface area contributed by atoms with Crippen molar-refractivity contribution in [2.75, 3.05) is 0 Å². The van der Waals surface area contributed by atoms with Gasteiger partial charge in [0.05, 0.1) is 22.5 Å². The Bertz CT molecular complexity index is 619. The molecule has 0 bridgehead atoms. The summed E-state index contributed by atoms with van der Waals surface area (Å²) in [6.45, 7) is 0. The van der Waals surface area contributed by atoms with Gasteiger partial charge in [0.25, 0.3) is 0 Å². The first-order valence-electron chi connectivity index (χ1n) is 5.44. The fourth-order valence-corrected chi connectivity index (χ4v) is 2.16. The second kappa shape index (κ2) is 5.06. The maximum atomic E-state index is 13.0. The van der Waals surface area contributed by atoms with Gasteiger partial charge in [-0.2, -0.15) is 18.3 Å². The zero-order valence-corrected chi connectivity index (χ0v) is 10.9. The standard InChI is InChI=1S/C12H9ClF4N2O/c1-19-10(9(13)5-18-19)11(20)7-3-2-6(14)4-8(7)12(15,16)17/h2-5,11,20H,1H3. The van der Waals surface area contributed by atoms with Crippen LogP contribution in [0.25, 0.3) is 0 Å². The van der Waals surface area contributed by atoms with Gasteiger partial charge in [0.15, 0.2) is 0 Å². The molecule has 1 N–H and O–H groups in total. The van der Waals surface area contributed by atoms with Crippen LogP contribution in [-0.4, -0.2) is 14.9 Å². The number of aliphatic hydroxyl groups excluding tert-OH is 1. The van der Waals surface area contributed by atoms with Crippen molar-refractivity contribution in [2.45, 2.75) is 12.3 Å². The summed E-state index contributed by atoms with van der Waals surface area (Å²) in [5.41, 5.74) is -1.73. The first kappa shape index (κ1) is 14.8. The van der Waals surface area contributed by atoms with Crippen LogP contribution < -0.4 is 0 Å². The molecule has 2 aromatic rings. The zero-order chi connectivity index (χ0) is 15.1. The third kappa shape index (κ3) is 2.64. The quantitative estimate of drug-likeness (QED) is 0.864. The van der Waals surface area contributed by atoms with Crippen molar-refractivity contribution in [3.05, 3.63) is 52.1 Å². The Balaban J connectivity index is 2.58. The lowest BCUT2D eigenvalue weighted by Gasteiger charge is -2.18. The van der Waals surface area contributed by atoms with Crippen molar-refractivity contribution >= 4 is 11.6 Å². The third-order valence-corrected chi connectivity index (χ3v) is 3.10. The Hall–Kier alpha value is -1.60. The lowest BCUT2D eigenvalue weighted by atomic mass is 9.99. The summed E-state index contributed by atoms with van der Waals surface area (Å²) in [5, 5.41) is 13.9. The average molecular weight is 309 g/mol. The molecule has 1 aromatic carbocycles. The predicted octanol–water partition coefficient (Wildman–Crippen LogP) is 3.31. The summed E-state index contributed by atoms with van der Waals surface area (Å²) in [5.74, 6) is -1.04. The lowest BCUT2D eigenvalue weighted by Crippen LogP contribution is -2.15. The maximum Gasteiger partial charge on any atom is 0.416 e. The predicted molar refractivity (Wildman–Crippen MR) is 63.7 cm³/mol. The van der Waals surface area contributed by atoms with E-state index < -0.39 is 29.2 Å². The summed E-state index contributed by atoms with van der Waals surface area (Å²) < 4.78 is 52.9. The van der Waals surface area contributed by atoms with Crippen LogP contribution in [0.4, 0.5) is 17.6 Å². The Morgan fingerprint density at radius 3 is 2.50 bits per heavy atom. The Morgan fingerprint density at radius 1 is 1.35 bits per heavy atom.